The molecule has 0 unspecified atom stereocenters. The van der Waals surface area contributed by atoms with Crippen molar-refractivity contribution in [2.24, 2.45) is 0 Å². The number of nitrogens with zero attached hydrogens (tertiary/aromatic N) is 3. The molecule has 1 aromatic rings. The lowest BCUT2D eigenvalue weighted by molar-refractivity contribution is 0.122. The van der Waals surface area contributed by atoms with E-state index in [9.17, 15) is 0 Å². The van der Waals surface area contributed by atoms with Crippen LogP contribution in [0.25, 0.3) is 6.08 Å². The first-order chi connectivity index (χ1) is 9.24. The van der Waals surface area contributed by atoms with E-state index >= 15 is 0 Å². The Morgan fingerprint density at radius 1 is 1.26 bits per heavy atom. The molecule has 0 atom stereocenters. The molecule has 1 aliphatic heterocycles. The second-order valence-electron chi connectivity index (χ2n) is 4.08. The number of ether oxygens (including phenoxy) is 1. The van der Waals surface area contributed by atoms with E-state index in [0.717, 1.165) is 28.8 Å². The number of allylic oxidation sites excluding steroid dienone is 1. The van der Waals surface area contributed by atoms with Crippen LogP contribution < -0.4 is 4.90 Å². The highest BCUT2D eigenvalue weighted by atomic mass is 79.9. The minimum absolute atomic E-state index is 0.108. The van der Waals surface area contributed by atoms with Crippen molar-refractivity contribution in [2.75, 3.05) is 31.2 Å². The SMILES string of the molecule is N#CC(C#N)=Cc1ccc(Br)cc1N1CCOCC1. The zero-order chi connectivity index (χ0) is 13.7. The summed E-state index contributed by atoms with van der Waals surface area (Å²) in [7, 11) is 0. The van der Waals surface area contributed by atoms with Crippen LogP contribution in [-0.2, 0) is 4.74 Å². The number of halogens is 1. The van der Waals surface area contributed by atoms with E-state index < -0.39 is 0 Å². The topological polar surface area (TPSA) is 60.0 Å². The van der Waals surface area contributed by atoms with Gasteiger partial charge < -0.3 is 9.64 Å². The van der Waals surface area contributed by atoms with Crippen LogP contribution in [0.2, 0.25) is 0 Å². The van der Waals surface area contributed by atoms with Crippen LogP contribution in [0.15, 0.2) is 28.2 Å². The van der Waals surface area contributed by atoms with Crippen LogP contribution in [-0.4, -0.2) is 26.3 Å². The van der Waals surface area contributed by atoms with Crippen molar-refractivity contribution < 1.29 is 4.74 Å². The number of anilines is 1. The lowest BCUT2D eigenvalue weighted by atomic mass is 10.1. The Hall–Kier alpha value is -1.82. The third-order valence-corrected chi connectivity index (χ3v) is 3.38. The summed E-state index contributed by atoms with van der Waals surface area (Å²) < 4.78 is 6.31. The molecule has 0 bridgehead atoms. The number of rotatable bonds is 2. The Morgan fingerprint density at radius 3 is 2.58 bits per heavy atom. The maximum absolute atomic E-state index is 8.86. The molecule has 0 radical (unpaired) electrons. The van der Waals surface area contributed by atoms with Gasteiger partial charge in [0.25, 0.3) is 0 Å². The molecule has 5 heteroatoms. The average molecular weight is 318 g/mol. The number of morpholine rings is 1. The van der Waals surface area contributed by atoms with E-state index in [1.165, 1.54) is 0 Å². The fourth-order valence-corrected chi connectivity index (χ4v) is 2.31. The van der Waals surface area contributed by atoms with Crippen LogP contribution in [0.3, 0.4) is 0 Å². The first-order valence-electron chi connectivity index (χ1n) is 5.88. The van der Waals surface area contributed by atoms with E-state index in [4.69, 9.17) is 15.3 Å². The van der Waals surface area contributed by atoms with Gasteiger partial charge in [-0.05, 0) is 23.8 Å². The Kier molecular flexibility index (Phi) is 4.57. The smallest absolute Gasteiger partial charge is 0.130 e. The summed E-state index contributed by atoms with van der Waals surface area (Å²) in [6, 6.07) is 9.59. The summed E-state index contributed by atoms with van der Waals surface area (Å²) in [6.07, 6.45) is 1.62. The molecule has 0 aromatic heterocycles. The van der Waals surface area contributed by atoms with Gasteiger partial charge in [0.15, 0.2) is 0 Å². The third-order valence-electron chi connectivity index (χ3n) is 2.88. The molecule has 0 amide bonds. The molecule has 4 nitrogen and oxygen atoms in total. The monoisotopic (exact) mass is 317 g/mol. The summed E-state index contributed by atoms with van der Waals surface area (Å²) in [6.45, 7) is 3.01. The highest BCUT2D eigenvalue weighted by Gasteiger charge is 2.14. The van der Waals surface area contributed by atoms with E-state index in [2.05, 4.69) is 20.8 Å². The zero-order valence-corrected chi connectivity index (χ0v) is 11.9. The fourth-order valence-electron chi connectivity index (χ4n) is 1.96. The van der Waals surface area contributed by atoms with E-state index in [1.54, 1.807) is 6.08 Å². The Labute approximate surface area is 120 Å². The van der Waals surface area contributed by atoms with Crippen LogP contribution in [0.5, 0.6) is 0 Å². The van der Waals surface area contributed by atoms with Gasteiger partial charge in [0, 0.05) is 23.2 Å². The van der Waals surface area contributed by atoms with Gasteiger partial charge in [-0.1, -0.05) is 22.0 Å². The van der Waals surface area contributed by atoms with Crippen LogP contribution in [0.1, 0.15) is 5.56 Å². The van der Waals surface area contributed by atoms with Crippen molar-refractivity contribution in [1.29, 1.82) is 10.5 Å². The van der Waals surface area contributed by atoms with Crippen molar-refractivity contribution >= 4 is 27.7 Å². The summed E-state index contributed by atoms with van der Waals surface area (Å²) in [5, 5.41) is 17.7. The van der Waals surface area contributed by atoms with Gasteiger partial charge in [-0.2, -0.15) is 10.5 Å². The number of nitriles is 2. The number of hydrogen-bond acceptors (Lipinski definition) is 4. The van der Waals surface area contributed by atoms with Gasteiger partial charge in [0.2, 0.25) is 0 Å². The minimum atomic E-state index is 0.108. The average Bonchev–Trinajstić information content (AvgIpc) is 2.47. The maximum atomic E-state index is 8.86. The normalized spacial score (nSPS) is 14.4. The molecular formula is C14H12BrN3O. The van der Waals surface area contributed by atoms with Crippen molar-refractivity contribution in [3.8, 4) is 12.1 Å². The van der Waals surface area contributed by atoms with Crippen LogP contribution in [0.4, 0.5) is 5.69 Å². The molecule has 96 valence electrons. The summed E-state index contributed by atoms with van der Waals surface area (Å²) in [4.78, 5) is 2.20. The number of benzene rings is 1. The molecule has 1 fully saturated rings. The molecule has 1 aromatic carbocycles. The second-order valence-corrected chi connectivity index (χ2v) is 5.00. The molecule has 1 aliphatic rings. The van der Waals surface area contributed by atoms with E-state index in [0.29, 0.717) is 13.2 Å². The summed E-state index contributed by atoms with van der Waals surface area (Å²) >= 11 is 3.45. The van der Waals surface area contributed by atoms with Gasteiger partial charge in [-0.15, -0.1) is 0 Å². The van der Waals surface area contributed by atoms with Crippen molar-refractivity contribution in [3.05, 3.63) is 33.8 Å². The third kappa shape index (κ3) is 3.35. The molecular weight excluding hydrogens is 306 g/mol. The van der Waals surface area contributed by atoms with E-state index in [1.807, 2.05) is 30.3 Å². The molecule has 0 saturated carbocycles. The molecule has 1 heterocycles. The molecule has 0 spiro atoms. The number of hydrogen-bond donors (Lipinski definition) is 0. The first-order valence-corrected chi connectivity index (χ1v) is 6.68. The quantitative estimate of drug-likeness (QED) is 0.787. The van der Waals surface area contributed by atoms with E-state index in [-0.39, 0.29) is 5.57 Å². The zero-order valence-electron chi connectivity index (χ0n) is 10.3. The predicted octanol–water partition coefficient (Wildman–Crippen LogP) is 2.72. The van der Waals surface area contributed by atoms with Gasteiger partial charge in [-0.3, -0.25) is 0 Å². The molecule has 0 N–H and O–H groups in total. The Morgan fingerprint density at radius 2 is 1.95 bits per heavy atom. The van der Waals surface area contributed by atoms with Crippen LogP contribution >= 0.6 is 15.9 Å². The molecule has 1 saturated heterocycles. The van der Waals surface area contributed by atoms with Gasteiger partial charge in [0.1, 0.15) is 17.7 Å². The predicted molar refractivity (Wildman–Crippen MR) is 76.4 cm³/mol. The maximum Gasteiger partial charge on any atom is 0.130 e. The molecule has 0 aliphatic carbocycles. The van der Waals surface area contributed by atoms with Crippen molar-refractivity contribution in [2.45, 2.75) is 0 Å². The van der Waals surface area contributed by atoms with Crippen LogP contribution in [0, 0.1) is 22.7 Å². The van der Waals surface area contributed by atoms with Crippen molar-refractivity contribution in [1.82, 2.24) is 0 Å². The second kappa shape index (κ2) is 6.38. The summed E-state index contributed by atoms with van der Waals surface area (Å²) in [5.41, 5.74) is 2.00. The van der Waals surface area contributed by atoms with Gasteiger partial charge in [-0.25, -0.2) is 0 Å². The van der Waals surface area contributed by atoms with Gasteiger partial charge >= 0.3 is 0 Å². The lowest BCUT2D eigenvalue weighted by Gasteiger charge is -2.30. The Bertz CT molecular complexity index is 561. The lowest BCUT2D eigenvalue weighted by Crippen LogP contribution is -2.36. The largest absolute Gasteiger partial charge is 0.378 e. The Balaban J connectivity index is 2.41. The molecule has 19 heavy (non-hydrogen) atoms. The minimum Gasteiger partial charge on any atom is -0.378 e. The molecule has 2 rings (SSSR count). The fraction of sp³-hybridized carbons (Fsp3) is 0.286. The highest BCUT2D eigenvalue weighted by molar-refractivity contribution is 9.10. The summed E-state index contributed by atoms with van der Waals surface area (Å²) in [5.74, 6) is 0. The van der Waals surface area contributed by atoms with Gasteiger partial charge in [0.05, 0.1) is 13.2 Å². The highest BCUT2D eigenvalue weighted by Crippen LogP contribution is 2.27. The van der Waals surface area contributed by atoms with Crippen molar-refractivity contribution in [3.63, 3.8) is 0 Å². The standard InChI is InChI=1S/C14H12BrN3O/c15-13-2-1-12(7-11(9-16)10-17)14(8-13)18-3-5-19-6-4-18/h1-2,7-8H,3-6H2. The first kappa shape index (κ1) is 13.6.